The van der Waals surface area contributed by atoms with Gasteiger partial charge in [0.15, 0.2) is 0 Å². The van der Waals surface area contributed by atoms with Gasteiger partial charge in [-0.3, -0.25) is 0 Å². The fourth-order valence-electron chi connectivity index (χ4n) is 1.11. The number of hydrogen-bond donors (Lipinski definition) is 0. The Morgan fingerprint density at radius 3 is 2.33 bits per heavy atom. The average molecular weight is 186 g/mol. The predicted molar refractivity (Wildman–Crippen MR) is 60.6 cm³/mol. The van der Waals surface area contributed by atoms with E-state index < -0.39 is 0 Å². The first-order chi connectivity index (χ1) is 5.85. The van der Waals surface area contributed by atoms with Gasteiger partial charge in [-0.1, -0.05) is 39.2 Å². The monoisotopic (exact) mass is 186 g/mol. The Morgan fingerprint density at radius 1 is 1.17 bits per heavy atom. The van der Waals surface area contributed by atoms with E-state index in [0.29, 0.717) is 0 Å². The second-order valence-electron chi connectivity index (χ2n) is 3.12. The molecule has 0 heterocycles. The normalized spacial score (nSPS) is 12.1. The number of unbranched alkanes of at least 4 members (excludes halogenated alkanes) is 3. The van der Waals surface area contributed by atoms with Crippen molar-refractivity contribution in [3.63, 3.8) is 0 Å². The van der Waals surface area contributed by atoms with E-state index in [1.54, 1.807) is 4.91 Å². The first-order valence-electron chi connectivity index (χ1n) is 5.08. The van der Waals surface area contributed by atoms with Crippen molar-refractivity contribution >= 4 is 11.8 Å². The summed E-state index contributed by atoms with van der Waals surface area (Å²) >= 11 is 1.92. The molecule has 0 atom stereocenters. The molecule has 0 saturated heterocycles. The molecule has 12 heavy (non-hydrogen) atoms. The van der Waals surface area contributed by atoms with Gasteiger partial charge in [0, 0.05) is 0 Å². The van der Waals surface area contributed by atoms with Crippen LogP contribution < -0.4 is 0 Å². The van der Waals surface area contributed by atoms with Crippen LogP contribution in [0.4, 0.5) is 0 Å². The largest absolute Gasteiger partial charge is 0.134 e. The highest BCUT2D eigenvalue weighted by Crippen LogP contribution is 2.19. The van der Waals surface area contributed by atoms with E-state index in [1.807, 2.05) is 11.8 Å². The van der Waals surface area contributed by atoms with Gasteiger partial charge in [-0.2, -0.15) is 0 Å². The van der Waals surface area contributed by atoms with E-state index in [4.69, 9.17) is 0 Å². The summed E-state index contributed by atoms with van der Waals surface area (Å²) in [6.07, 6.45) is 12.5. The third-order valence-electron chi connectivity index (χ3n) is 1.97. The maximum atomic E-state index is 2.42. The number of rotatable bonds is 7. The van der Waals surface area contributed by atoms with Gasteiger partial charge in [0.2, 0.25) is 0 Å². The first-order valence-corrected chi connectivity index (χ1v) is 6.30. The van der Waals surface area contributed by atoms with Crippen LogP contribution in [-0.4, -0.2) is 6.26 Å². The van der Waals surface area contributed by atoms with Crippen LogP contribution in [0.15, 0.2) is 11.0 Å². The second kappa shape index (κ2) is 9.18. The van der Waals surface area contributed by atoms with Gasteiger partial charge < -0.3 is 0 Å². The van der Waals surface area contributed by atoms with Gasteiger partial charge in [0.05, 0.1) is 0 Å². The Kier molecular flexibility index (Phi) is 9.25. The van der Waals surface area contributed by atoms with Crippen molar-refractivity contribution in [2.75, 3.05) is 6.26 Å². The standard InChI is InChI=1S/C11H22S/c1-4-6-8-10-11(12-3)9-7-5-2/h10H,4-9H2,1-3H3/b11-10+. The summed E-state index contributed by atoms with van der Waals surface area (Å²) in [5.74, 6) is 0. The average Bonchev–Trinajstić information content (AvgIpc) is 2.11. The Morgan fingerprint density at radius 2 is 1.83 bits per heavy atom. The number of allylic oxidation sites excluding steroid dienone is 2. The molecule has 0 aromatic carbocycles. The second-order valence-corrected chi connectivity index (χ2v) is 4.05. The van der Waals surface area contributed by atoms with Crippen LogP contribution in [0.2, 0.25) is 0 Å². The van der Waals surface area contributed by atoms with E-state index >= 15 is 0 Å². The summed E-state index contributed by atoms with van der Waals surface area (Å²) < 4.78 is 0. The SMILES string of the molecule is CCCC/C=C(\CCCC)SC. The number of hydrogen-bond acceptors (Lipinski definition) is 1. The van der Waals surface area contributed by atoms with Crippen molar-refractivity contribution in [3.8, 4) is 0 Å². The van der Waals surface area contributed by atoms with E-state index in [2.05, 4.69) is 26.2 Å². The van der Waals surface area contributed by atoms with Crippen LogP contribution in [0.25, 0.3) is 0 Å². The zero-order valence-corrected chi connectivity index (χ0v) is 9.54. The van der Waals surface area contributed by atoms with E-state index in [-0.39, 0.29) is 0 Å². The Hall–Kier alpha value is 0.0900. The van der Waals surface area contributed by atoms with Crippen molar-refractivity contribution < 1.29 is 0 Å². The van der Waals surface area contributed by atoms with Gasteiger partial charge in [-0.15, -0.1) is 11.8 Å². The molecule has 0 aromatic rings. The topological polar surface area (TPSA) is 0 Å². The fourth-order valence-corrected chi connectivity index (χ4v) is 1.74. The van der Waals surface area contributed by atoms with Crippen LogP contribution in [0.1, 0.15) is 52.4 Å². The molecule has 0 aliphatic rings. The minimum atomic E-state index is 1.27. The van der Waals surface area contributed by atoms with Crippen molar-refractivity contribution in [2.24, 2.45) is 0 Å². The Balaban J connectivity index is 3.55. The molecule has 0 unspecified atom stereocenters. The van der Waals surface area contributed by atoms with Gasteiger partial charge in [0.1, 0.15) is 0 Å². The van der Waals surface area contributed by atoms with Crippen molar-refractivity contribution in [1.82, 2.24) is 0 Å². The maximum absolute atomic E-state index is 2.42. The molecule has 0 radical (unpaired) electrons. The Bertz CT molecular complexity index is 116. The highest BCUT2D eigenvalue weighted by molar-refractivity contribution is 8.02. The molecule has 0 fully saturated rings. The molecule has 0 saturated carbocycles. The van der Waals surface area contributed by atoms with Crippen LogP contribution in [-0.2, 0) is 0 Å². The van der Waals surface area contributed by atoms with Gasteiger partial charge >= 0.3 is 0 Å². The van der Waals surface area contributed by atoms with Crippen molar-refractivity contribution in [3.05, 3.63) is 11.0 Å². The number of thioether (sulfide) groups is 1. The third kappa shape index (κ3) is 6.78. The molecule has 72 valence electrons. The maximum Gasteiger partial charge on any atom is -0.0140 e. The molecule has 0 aromatic heterocycles. The molecule has 0 aliphatic heterocycles. The summed E-state index contributed by atoms with van der Waals surface area (Å²) in [5.41, 5.74) is 0. The lowest BCUT2D eigenvalue weighted by Gasteiger charge is -2.02. The summed E-state index contributed by atoms with van der Waals surface area (Å²) in [6.45, 7) is 4.50. The molecular weight excluding hydrogens is 164 g/mol. The van der Waals surface area contributed by atoms with Gasteiger partial charge in [-0.25, -0.2) is 0 Å². The minimum absolute atomic E-state index is 1.27. The fraction of sp³-hybridized carbons (Fsp3) is 0.818. The van der Waals surface area contributed by atoms with Gasteiger partial charge in [-0.05, 0) is 30.4 Å². The molecule has 0 N–H and O–H groups in total. The van der Waals surface area contributed by atoms with E-state index in [0.717, 1.165) is 0 Å². The molecule has 0 amide bonds. The lowest BCUT2D eigenvalue weighted by Crippen LogP contribution is -1.78. The van der Waals surface area contributed by atoms with Crippen LogP contribution >= 0.6 is 11.8 Å². The molecule has 0 nitrogen and oxygen atoms in total. The third-order valence-corrected chi connectivity index (χ3v) is 2.86. The predicted octanol–water partition coefficient (Wildman–Crippen LogP) is 4.61. The molecule has 0 rings (SSSR count). The summed E-state index contributed by atoms with van der Waals surface area (Å²) in [5, 5.41) is 0. The van der Waals surface area contributed by atoms with Crippen LogP contribution in [0.3, 0.4) is 0 Å². The highest BCUT2D eigenvalue weighted by Gasteiger charge is 1.93. The van der Waals surface area contributed by atoms with Gasteiger partial charge in [0.25, 0.3) is 0 Å². The molecule has 0 aliphatic carbocycles. The lowest BCUT2D eigenvalue weighted by molar-refractivity contribution is 0.788. The Labute approximate surface area is 81.8 Å². The summed E-state index contributed by atoms with van der Waals surface area (Å²) in [6, 6.07) is 0. The first kappa shape index (κ1) is 12.1. The molecular formula is C11H22S. The quantitative estimate of drug-likeness (QED) is 0.523. The minimum Gasteiger partial charge on any atom is -0.134 e. The zero-order valence-electron chi connectivity index (χ0n) is 8.73. The van der Waals surface area contributed by atoms with E-state index in [1.165, 1.54) is 38.5 Å². The summed E-state index contributed by atoms with van der Waals surface area (Å²) in [4.78, 5) is 1.59. The van der Waals surface area contributed by atoms with Crippen molar-refractivity contribution in [2.45, 2.75) is 52.4 Å². The van der Waals surface area contributed by atoms with E-state index in [9.17, 15) is 0 Å². The lowest BCUT2D eigenvalue weighted by atomic mass is 10.2. The summed E-state index contributed by atoms with van der Waals surface area (Å²) in [7, 11) is 0. The highest BCUT2D eigenvalue weighted by atomic mass is 32.2. The molecule has 0 bridgehead atoms. The van der Waals surface area contributed by atoms with Crippen LogP contribution in [0, 0.1) is 0 Å². The zero-order chi connectivity index (χ0) is 9.23. The molecule has 0 spiro atoms. The smallest absolute Gasteiger partial charge is 0.0140 e. The van der Waals surface area contributed by atoms with Crippen molar-refractivity contribution in [1.29, 1.82) is 0 Å². The van der Waals surface area contributed by atoms with Crippen LogP contribution in [0.5, 0.6) is 0 Å². The molecule has 1 heteroatoms.